The van der Waals surface area contributed by atoms with Gasteiger partial charge < -0.3 is 0 Å². The molecule has 4 nitrogen and oxygen atoms in total. The Balaban J connectivity index is 2.92. The highest BCUT2D eigenvalue weighted by Crippen LogP contribution is 1.86. The fourth-order valence-corrected chi connectivity index (χ4v) is 0.983. The molecule has 1 aromatic heterocycles. The molecule has 0 fully saturated rings. The Labute approximate surface area is 68.5 Å². The predicted molar refractivity (Wildman–Crippen MR) is 45.1 cm³/mol. The van der Waals surface area contributed by atoms with Crippen LogP contribution in [0.15, 0.2) is 17.4 Å². The fraction of sp³-hybridized carbons (Fsp3) is 0.333. The highest BCUT2D eigenvalue weighted by molar-refractivity contribution is 7.71. The summed E-state index contributed by atoms with van der Waals surface area (Å²) in [5, 5.41) is 4.94. The molecule has 0 atom stereocenters. The van der Waals surface area contributed by atoms with Crippen LogP contribution in [-0.2, 0) is 6.54 Å². The molecule has 0 bridgehead atoms. The van der Waals surface area contributed by atoms with E-state index in [0.29, 0.717) is 11.3 Å². The van der Waals surface area contributed by atoms with E-state index in [1.165, 1.54) is 4.57 Å². The number of nitrogens with zero attached hydrogens (tertiary/aromatic N) is 1. The van der Waals surface area contributed by atoms with Gasteiger partial charge in [-0.1, -0.05) is 6.08 Å². The predicted octanol–water partition coefficient (Wildman–Crippen LogP) is 0.810. The molecule has 1 heterocycles. The van der Waals surface area contributed by atoms with Crippen LogP contribution >= 0.6 is 12.2 Å². The molecule has 0 radical (unpaired) electrons. The summed E-state index contributed by atoms with van der Waals surface area (Å²) in [4.78, 5) is 10.9. The van der Waals surface area contributed by atoms with E-state index in [4.69, 9.17) is 12.2 Å². The number of aromatic amines is 2. The zero-order valence-corrected chi connectivity index (χ0v) is 6.78. The van der Waals surface area contributed by atoms with Gasteiger partial charge >= 0.3 is 5.69 Å². The molecule has 0 unspecified atom stereocenters. The maximum absolute atomic E-state index is 10.9. The van der Waals surface area contributed by atoms with E-state index >= 15 is 0 Å². The quantitative estimate of drug-likeness (QED) is 0.522. The molecule has 0 aliphatic rings. The Morgan fingerprint density at radius 1 is 1.64 bits per heavy atom. The van der Waals surface area contributed by atoms with Crippen LogP contribution in [0.3, 0.4) is 0 Å². The summed E-state index contributed by atoms with van der Waals surface area (Å²) in [7, 11) is 0. The molecule has 0 aliphatic carbocycles. The van der Waals surface area contributed by atoms with Crippen molar-refractivity contribution in [3.8, 4) is 0 Å². The number of nitrogens with one attached hydrogen (secondary N) is 2. The third-order valence-corrected chi connectivity index (χ3v) is 1.65. The van der Waals surface area contributed by atoms with E-state index in [9.17, 15) is 4.79 Å². The van der Waals surface area contributed by atoms with Gasteiger partial charge in [-0.3, -0.25) is 9.67 Å². The van der Waals surface area contributed by atoms with Crippen LogP contribution in [0.4, 0.5) is 0 Å². The molecule has 60 valence electrons. The molecular formula is C6H9N3OS. The first kappa shape index (κ1) is 8.00. The molecule has 0 saturated heterocycles. The molecule has 1 aromatic rings. The highest BCUT2D eigenvalue weighted by atomic mass is 32.1. The van der Waals surface area contributed by atoms with E-state index in [1.54, 1.807) is 6.08 Å². The smallest absolute Gasteiger partial charge is 0.272 e. The summed E-state index contributed by atoms with van der Waals surface area (Å²) in [6.45, 7) is 4.13. The topological polar surface area (TPSA) is 53.6 Å². The van der Waals surface area contributed by atoms with Crippen molar-refractivity contribution in [1.29, 1.82) is 0 Å². The minimum Gasteiger partial charge on any atom is -0.272 e. The molecule has 11 heavy (non-hydrogen) atoms. The lowest BCUT2D eigenvalue weighted by atomic mass is 10.4. The summed E-state index contributed by atoms with van der Waals surface area (Å²) in [6.07, 6.45) is 2.49. The SMILES string of the molecule is C=CCCn1c(=O)[nH][nH]c1=S. The van der Waals surface area contributed by atoms with Gasteiger partial charge in [-0.25, -0.2) is 9.89 Å². The van der Waals surface area contributed by atoms with Gasteiger partial charge in [-0.2, -0.15) is 0 Å². The van der Waals surface area contributed by atoms with Gasteiger partial charge in [0.25, 0.3) is 0 Å². The van der Waals surface area contributed by atoms with Crippen LogP contribution in [0.25, 0.3) is 0 Å². The van der Waals surface area contributed by atoms with E-state index in [2.05, 4.69) is 16.8 Å². The van der Waals surface area contributed by atoms with E-state index in [0.717, 1.165) is 6.42 Å². The molecule has 0 saturated carbocycles. The zero-order chi connectivity index (χ0) is 8.27. The standard InChI is InChI=1S/C6H9N3OS/c1-2-3-4-9-5(10)7-8-6(9)11/h2H,1,3-4H2,(H,7,10)(H,8,11). The summed E-state index contributed by atoms with van der Waals surface area (Å²) in [6, 6.07) is 0. The monoisotopic (exact) mass is 171 g/mol. The molecule has 0 amide bonds. The number of rotatable bonds is 3. The van der Waals surface area contributed by atoms with Crippen LogP contribution in [0.1, 0.15) is 6.42 Å². The van der Waals surface area contributed by atoms with Crippen LogP contribution in [-0.4, -0.2) is 14.8 Å². The highest BCUT2D eigenvalue weighted by Gasteiger charge is 1.96. The van der Waals surface area contributed by atoms with Crippen molar-refractivity contribution in [3.63, 3.8) is 0 Å². The second-order valence-corrected chi connectivity index (χ2v) is 2.48. The minimum absolute atomic E-state index is 0.197. The third-order valence-electron chi connectivity index (χ3n) is 1.32. The average Bonchev–Trinajstić information content (AvgIpc) is 2.29. The molecule has 0 spiro atoms. The van der Waals surface area contributed by atoms with Crippen LogP contribution in [0.2, 0.25) is 0 Å². The first-order valence-electron chi connectivity index (χ1n) is 3.24. The summed E-state index contributed by atoms with van der Waals surface area (Å²) in [5.74, 6) is 0. The van der Waals surface area contributed by atoms with Crippen molar-refractivity contribution in [3.05, 3.63) is 27.9 Å². The molecule has 2 N–H and O–H groups in total. The van der Waals surface area contributed by atoms with Crippen molar-refractivity contribution in [1.82, 2.24) is 14.8 Å². The summed E-state index contributed by atoms with van der Waals surface area (Å²) >= 11 is 4.83. The lowest BCUT2D eigenvalue weighted by molar-refractivity contribution is 0.675. The average molecular weight is 171 g/mol. The van der Waals surface area contributed by atoms with E-state index in [1.807, 2.05) is 0 Å². The van der Waals surface area contributed by atoms with Crippen molar-refractivity contribution in [2.75, 3.05) is 0 Å². The van der Waals surface area contributed by atoms with Crippen molar-refractivity contribution < 1.29 is 0 Å². The maximum Gasteiger partial charge on any atom is 0.342 e. The first-order valence-corrected chi connectivity index (χ1v) is 3.65. The second-order valence-electron chi connectivity index (χ2n) is 2.09. The number of hydrogen-bond donors (Lipinski definition) is 2. The van der Waals surface area contributed by atoms with Gasteiger partial charge in [-0.15, -0.1) is 6.58 Å². The Kier molecular flexibility index (Phi) is 2.43. The first-order chi connectivity index (χ1) is 5.25. The van der Waals surface area contributed by atoms with E-state index < -0.39 is 0 Å². The molecule has 5 heteroatoms. The van der Waals surface area contributed by atoms with Crippen molar-refractivity contribution >= 4 is 12.2 Å². The minimum atomic E-state index is -0.197. The van der Waals surface area contributed by atoms with E-state index in [-0.39, 0.29) is 5.69 Å². The van der Waals surface area contributed by atoms with Crippen molar-refractivity contribution in [2.45, 2.75) is 13.0 Å². The Morgan fingerprint density at radius 3 is 2.82 bits per heavy atom. The summed E-state index contributed by atoms with van der Waals surface area (Å²) in [5.41, 5.74) is -0.197. The van der Waals surface area contributed by atoms with Gasteiger partial charge in [0.1, 0.15) is 0 Å². The Morgan fingerprint density at radius 2 is 2.36 bits per heavy atom. The fourth-order valence-electron chi connectivity index (χ4n) is 0.758. The summed E-state index contributed by atoms with van der Waals surface area (Å²) < 4.78 is 1.88. The molecule has 0 aliphatic heterocycles. The number of aromatic nitrogens is 3. The zero-order valence-electron chi connectivity index (χ0n) is 5.96. The van der Waals surface area contributed by atoms with Crippen LogP contribution < -0.4 is 5.69 Å². The third kappa shape index (κ3) is 1.68. The maximum atomic E-state index is 10.9. The van der Waals surface area contributed by atoms with Crippen LogP contribution in [0, 0.1) is 4.77 Å². The lowest BCUT2D eigenvalue weighted by Gasteiger charge is -1.93. The van der Waals surface area contributed by atoms with Gasteiger partial charge in [0.05, 0.1) is 0 Å². The molecule has 1 rings (SSSR count). The second kappa shape index (κ2) is 3.34. The Bertz CT molecular complexity index is 318. The lowest BCUT2D eigenvalue weighted by Crippen LogP contribution is -2.16. The number of H-pyrrole nitrogens is 2. The molecule has 0 aromatic carbocycles. The Hall–Kier alpha value is -1.10. The van der Waals surface area contributed by atoms with Gasteiger partial charge in [0.15, 0.2) is 4.77 Å². The van der Waals surface area contributed by atoms with Crippen molar-refractivity contribution in [2.24, 2.45) is 0 Å². The van der Waals surface area contributed by atoms with Crippen LogP contribution in [0.5, 0.6) is 0 Å². The van der Waals surface area contributed by atoms with Gasteiger partial charge in [0, 0.05) is 6.54 Å². The van der Waals surface area contributed by atoms with Gasteiger partial charge in [0.2, 0.25) is 0 Å². The number of allylic oxidation sites excluding steroid dienone is 1. The molecular weight excluding hydrogens is 162 g/mol. The van der Waals surface area contributed by atoms with Gasteiger partial charge in [-0.05, 0) is 18.6 Å². The number of hydrogen-bond acceptors (Lipinski definition) is 2. The normalized spacial score (nSPS) is 9.82. The largest absolute Gasteiger partial charge is 0.342 e.